The molecule has 12 heavy (non-hydrogen) atoms. The zero-order valence-corrected chi connectivity index (χ0v) is 9.58. The van der Waals surface area contributed by atoms with Gasteiger partial charge in [-0.25, -0.2) is 0 Å². The van der Waals surface area contributed by atoms with Crippen LogP contribution >= 0.6 is 27.3 Å². The average molecular weight is 249 g/mol. The monoisotopic (exact) mass is 248 g/mol. The van der Waals surface area contributed by atoms with E-state index in [4.69, 9.17) is 4.74 Å². The summed E-state index contributed by atoms with van der Waals surface area (Å²) in [4.78, 5) is 1.39. The first kappa shape index (κ1) is 10.2. The van der Waals surface area contributed by atoms with Crippen LogP contribution in [-0.4, -0.2) is 13.2 Å². The van der Waals surface area contributed by atoms with Gasteiger partial charge < -0.3 is 4.74 Å². The maximum Gasteiger partial charge on any atom is 0.0701 e. The molecule has 3 heteroatoms. The quantitative estimate of drug-likeness (QED) is 0.726. The van der Waals surface area contributed by atoms with Gasteiger partial charge in [0.15, 0.2) is 0 Å². The van der Waals surface area contributed by atoms with E-state index in [9.17, 15) is 0 Å². The van der Waals surface area contributed by atoms with Crippen LogP contribution in [0.3, 0.4) is 0 Å². The Morgan fingerprint density at radius 3 is 2.83 bits per heavy atom. The Labute approximate surface area is 85.9 Å². The zero-order valence-electron chi connectivity index (χ0n) is 7.18. The smallest absolute Gasteiger partial charge is 0.0701 e. The molecule has 0 unspecified atom stereocenters. The lowest BCUT2D eigenvalue weighted by molar-refractivity contribution is 0.138. The van der Waals surface area contributed by atoms with Gasteiger partial charge in [-0.3, -0.25) is 0 Å². The second-order valence-corrected chi connectivity index (χ2v) is 5.12. The molecule has 0 saturated heterocycles. The van der Waals surface area contributed by atoms with Crippen LogP contribution in [-0.2, 0) is 11.2 Å². The molecule has 0 aliphatic carbocycles. The predicted molar refractivity (Wildman–Crippen MR) is 56.8 cm³/mol. The summed E-state index contributed by atoms with van der Waals surface area (Å²) < 4.78 is 6.59. The number of hydrogen-bond donors (Lipinski definition) is 0. The van der Waals surface area contributed by atoms with Crippen LogP contribution in [0, 0.1) is 0 Å². The fraction of sp³-hybridized carbons (Fsp3) is 0.556. The van der Waals surface area contributed by atoms with Gasteiger partial charge in [0.25, 0.3) is 0 Å². The van der Waals surface area contributed by atoms with Gasteiger partial charge in [0.05, 0.1) is 10.4 Å². The van der Waals surface area contributed by atoms with E-state index in [2.05, 4.69) is 35.0 Å². The topological polar surface area (TPSA) is 9.23 Å². The van der Waals surface area contributed by atoms with Crippen LogP contribution < -0.4 is 0 Å². The Balaban J connectivity index is 2.15. The maximum atomic E-state index is 5.39. The van der Waals surface area contributed by atoms with E-state index >= 15 is 0 Å². The number of ether oxygens (including phenoxy) is 1. The van der Waals surface area contributed by atoms with Crippen molar-refractivity contribution in [3.05, 3.63) is 20.8 Å². The van der Waals surface area contributed by atoms with Gasteiger partial charge in [-0.05, 0) is 34.5 Å². The van der Waals surface area contributed by atoms with Crippen molar-refractivity contribution < 1.29 is 4.74 Å². The van der Waals surface area contributed by atoms with Crippen molar-refractivity contribution in [2.45, 2.75) is 19.8 Å². The molecule has 0 spiro atoms. The van der Waals surface area contributed by atoms with Gasteiger partial charge >= 0.3 is 0 Å². The molecule has 1 nitrogen and oxygen atoms in total. The summed E-state index contributed by atoms with van der Waals surface area (Å²) in [5.41, 5.74) is 0. The molecular formula is C9H13BrOS. The number of rotatable bonds is 5. The van der Waals surface area contributed by atoms with Crippen molar-refractivity contribution in [2.75, 3.05) is 13.2 Å². The molecule has 0 radical (unpaired) electrons. The Hall–Kier alpha value is 0.140. The zero-order chi connectivity index (χ0) is 8.81. The van der Waals surface area contributed by atoms with Crippen molar-refractivity contribution in [3.63, 3.8) is 0 Å². The third-order valence-electron chi connectivity index (χ3n) is 1.47. The van der Waals surface area contributed by atoms with E-state index in [1.807, 2.05) is 0 Å². The van der Waals surface area contributed by atoms with Crippen molar-refractivity contribution in [3.8, 4) is 0 Å². The lowest BCUT2D eigenvalue weighted by Gasteiger charge is -1.99. The highest BCUT2D eigenvalue weighted by molar-refractivity contribution is 9.11. The van der Waals surface area contributed by atoms with Crippen LogP contribution in [0.2, 0.25) is 0 Å². The predicted octanol–water partition coefficient (Wildman–Crippen LogP) is 3.48. The summed E-state index contributed by atoms with van der Waals surface area (Å²) >= 11 is 5.21. The van der Waals surface area contributed by atoms with Gasteiger partial charge in [0, 0.05) is 17.9 Å². The van der Waals surface area contributed by atoms with Crippen LogP contribution in [0.5, 0.6) is 0 Å². The molecule has 0 aliphatic heterocycles. The highest BCUT2D eigenvalue weighted by Crippen LogP contribution is 2.22. The molecule has 0 atom stereocenters. The summed E-state index contributed by atoms with van der Waals surface area (Å²) in [6.45, 7) is 3.86. The van der Waals surface area contributed by atoms with Crippen LogP contribution in [0.25, 0.3) is 0 Å². The first-order valence-corrected chi connectivity index (χ1v) is 5.76. The molecule has 1 heterocycles. The summed E-state index contributed by atoms with van der Waals surface area (Å²) in [6, 6.07) is 4.23. The Morgan fingerprint density at radius 1 is 1.42 bits per heavy atom. The fourth-order valence-corrected chi connectivity index (χ4v) is 2.37. The van der Waals surface area contributed by atoms with Gasteiger partial charge in [-0.2, -0.15) is 0 Å². The summed E-state index contributed by atoms with van der Waals surface area (Å²) in [7, 11) is 0. The molecule has 1 rings (SSSR count). The third kappa shape index (κ3) is 3.70. The SMILES string of the molecule is CCCOCCc1ccc(Br)s1. The minimum atomic E-state index is 0.848. The number of halogens is 1. The third-order valence-corrected chi connectivity index (χ3v) is 3.15. The standard InChI is InChI=1S/C9H13BrOS/c1-2-6-11-7-5-8-3-4-9(10)12-8/h3-4H,2,5-7H2,1H3. The van der Waals surface area contributed by atoms with E-state index in [-0.39, 0.29) is 0 Å². The lowest BCUT2D eigenvalue weighted by Crippen LogP contribution is -1.97. The van der Waals surface area contributed by atoms with Crippen molar-refractivity contribution in [1.82, 2.24) is 0 Å². The van der Waals surface area contributed by atoms with E-state index in [1.54, 1.807) is 11.3 Å². The molecule has 0 fully saturated rings. The van der Waals surface area contributed by atoms with E-state index < -0.39 is 0 Å². The fourth-order valence-electron chi connectivity index (χ4n) is 0.905. The highest BCUT2D eigenvalue weighted by atomic mass is 79.9. The van der Waals surface area contributed by atoms with Crippen LogP contribution in [0.4, 0.5) is 0 Å². The van der Waals surface area contributed by atoms with Gasteiger partial charge in [0.1, 0.15) is 0 Å². The van der Waals surface area contributed by atoms with Gasteiger partial charge in [-0.15, -0.1) is 11.3 Å². The molecule has 0 amide bonds. The normalized spacial score (nSPS) is 10.5. The second kappa shape index (κ2) is 5.73. The molecule has 0 aliphatic rings. The first-order valence-electron chi connectivity index (χ1n) is 4.15. The van der Waals surface area contributed by atoms with E-state index in [1.165, 1.54) is 8.66 Å². The lowest BCUT2D eigenvalue weighted by atomic mass is 10.4. The van der Waals surface area contributed by atoms with Gasteiger partial charge in [-0.1, -0.05) is 6.92 Å². The summed E-state index contributed by atoms with van der Waals surface area (Å²) in [5.74, 6) is 0. The Bertz CT molecular complexity index is 222. The summed E-state index contributed by atoms with van der Waals surface area (Å²) in [6.07, 6.45) is 2.14. The minimum Gasteiger partial charge on any atom is -0.381 e. The number of hydrogen-bond acceptors (Lipinski definition) is 2. The van der Waals surface area contributed by atoms with Crippen LogP contribution in [0.1, 0.15) is 18.2 Å². The second-order valence-electron chi connectivity index (χ2n) is 2.57. The average Bonchev–Trinajstić information content (AvgIpc) is 2.45. The molecule has 0 bridgehead atoms. The van der Waals surface area contributed by atoms with Crippen molar-refractivity contribution in [2.24, 2.45) is 0 Å². The van der Waals surface area contributed by atoms with E-state index in [0.717, 1.165) is 26.1 Å². The minimum absolute atomic E-state index is 0.848. The van der Waals surface area contributed by atoms with Crippen LogP contribution in [0.15, 0.2) is 15.9 Å². The summed E-state index contributed by atoms with van der Waals surface area (Å²) in [5, 5.41) is 0. The molecule has 0 aromatic carbocycles. The molecule has 0 saturated carbocycles. The number of thiophene rings is 1. The van der Waals surface area contributed by atoms with Crippen molar-refractivity contribution in [1.29, 1.82) is 0 Å². The van der Waals surface area contributed by atoms with Gasteiger partial charge in [0.2, 0.25) is 0 Å². The van der Waals surface area contributed by atoms with Crippen molar-refractivity contribution >= 4 is 27.3 Å². The van der Waals surface area contributed by atoms with E-state index in [0.29, 0.717) is 0 Å². The highest BCUT2D eigenvalue weighted by Gasteiger charge is 1.96. The molecule has 1 aromatic rings. The Morgan fingerprint density at radius 2 is 2.25 bits per heavy atom. The molecule has 1 aromatic heterocycles. The molecule has 68 valence electrons. The maximum absolute atomic E-state index is 5.39. The Kier molecular flexibility index (Phi) is 4.88. The molecular weight excluding hydrogens is 236 g/mol. The largest absolute Gasteiger partial charge is 0.381 e. The molecule has 0 N–H and O–H groups in total. The first-order chi connectivity index (χ1) is 5.83.